The van der Waals surface area contributed by atoms with Gasteiger partial charge in [0, 0.05) is 32.5 Å². The van der Waals surface area contributed by atoms with Crippen LogP contribution in [-0.2, 0) is 4.74 Å². The van der Waals surface area contributed by atoms with Crippen molar-refractivity contribution in [2.24, 2.45) is 0 Å². The number of ether oxygens (including phenoxy) is 1. The molecule has 2 unspecified atom stereocenters. The van der Waals surface area contributed by atoms with E-state index in [0.717, 1.165) is 0 Å². The Kier molecular flexibility index (Phi) is 3.67. The lowest BCUT2D eigenvalue weighted by atomic mass is 9.97. The van der Waals surface area contributed by atoms with Crippen molar-refractivity contribution in [1.82, 2.24) is 5.32 Å². The molecule has 1 fully saturated rings. The van der Waals surface area contributed by atoms with Gasteiger partial charge in [-0.1, -0.05) is 0 Å². The number of hydrogen-bond acceptors (Lipinski definition) is 4. The first-order chi connectivity index (χ1) is 6.19. The fourth-order valence-electron chi connectivity index (χ4n) is 1.45. The van der Waals surface area contributed by atoms with Crippen molar-refractivity contribution in [3.05, 3.63) is 0 Å². The zero-order valence-electron chi connectivity index (χ0n) is 7.92. The van der Waals surface area contributed by atoms with Gasteiger partial charge in [-0.2, -0.15) is 5.26 Å². The number of rotatable bonds is 4. The molecule has 0 saturated carbocycles. The van der Waals surface area contributed by atoms with Crippen LogP contribution in [0.15, 0.2) is 0 Å². The van der Waals surface area contributed by atoms with E-state index in [1.165, 1.54) is 0 Å². The van der Waals surface area contributed by atoms with Crippen LogP contribution in [0.2, 0.25) is 0 Å². The van der Waals surface area contributed by atoms with E-state index in [2.05, 4.69) is 5.32 Å². The Hall–Kier alpha value is -0.630. The maximum atomic E-state index is 9.99. The quantitative estimate of drug-likeness (QED) is 0.605. The summed E-state index contributed by atoms with van der Waals surface area (Å²) < 4.78 is 5.27. The van der Waals surface area contributed by atoms with Crippen LogP contribution in [0.3, 0.4) is 0 Å². The standard InChI is InChI=1S/C9H16N2O2/c1-8-9(12,3-6-13-8)7-11-5-2-4-10/h8,11-12H,2-3,5-7H2,1H3. The lowest BCUT2D eigenvalue weighted by Gasteiger charge is -2.25. The molecule has 1 aliphatic heterocycles. The molecule has 13 heavy (non-hydrogen) atoms. The molecule has 4 heteroatoms. The van der Waals surface area contributed by atoms with Gasteiger partial charge in [0.1, 0.15) is 5.60 Å². The summed E-state index contributed by atoms with van der Waals surface area (Å²) in [7, 11) is 0. The van der Waals surface area contributed by atoms with Gasteiger partial charge in [0.05, 0.1) is 12.2 Å². The fourth-order valence-corrected chi connectivity index (χ4v) is 1.45. The average molecular weight is 184 g/mol. The molecule has 0 aromatic heterocycles. The molecular weight excluding hydrogens is 168 g/mol. The van der Waals surface area contributed by atoms with E-state index in [4.69, 9.17) is 10.00 Å². The van der Waals surface area contributed by atoms with Gasteiger partial charge in [-0.15, -0.1) is 0 Å². The van der Waals surface area contributed by atoms with Crippen LogP contribution in [0, 0.1) is 11.3 Å². The number of nitriles is 1. The Morgan fingerprint density at radius 3 is 3.08 bits per heavy atom. The van der Waals surface area contributed by atoms with Gasteiger partial charge in [0.15, 0.2) is 0 Å². The van der Waals surface area contributed by atoms with Crippen molar-refractivity contribution >= 4 is 0 Å². The molecule has 2 atom stereocenters. The Labute approximate surface area is 78.5 Å². The van der Waals surface area contributed by atoms with Crippen molar-refractivity contribution in [1.29, 1.82) is 5.26 Å². The summed E-state index contributed by atoms with van der Waals surface area (Å²) in [5.74, 6) is 0. The minimum atomic E-state index is -0.741. The van der Waals surface area contributed by atoms with Gasteiger partial charge < -0.3 is 15.2 Å². The lowest BCUT2D eigenvalue weighted by molar-refractivity contribution is -0.0258. The fraction of sp³-hybridized carbons (Fsp3) is 0.889. The normalized spacial score (nSPS) is 33.2. The molecule has 1 aliphatic rings. The largest absolute Gasteiger partial charge is 0.386 e. The molecule has 1 heterocycles. The third-order valence-corrected chi connectivity index (χ3v) is 2.50. The van der Waals surface area contributed by atoms with Crippen LogP contribution in [0.25, 0.3) is 0 Å². The maximum Gasteiger partial charge on any atom is 0.105 e. The van der Waals surface area contributed by atoms with Crippen molar-refractivity contribution in [3.63, 3.8) is 0 Å². The summed E-state index contributed by atoms with van der Waals surface area (Å²) in [4.78, 5) is 0. The summed E-state index contributed by atoms with van der Waals surface area (Å²) >= 11 is 0. The van der Waals surface area contributed by atoms with Crippen molar-refractivity contribution in [2.45, 2.75) is 31.5 Å². The van der Waals surface area contributed by atoms with E-state index in [-0.39, 0.29) is 6.10 Å². The summed E-state index contributed by atoms with van der Waals surface area (Å²) in [6, 6.07) is 2.04. The van der Waals surface area contributed by atoms with Gasteiger partial charge in [0.25, 0.3) is 0 Å². The molecular formula is C9H16N2O2. The number of hydrogen-bond donors (Lipinski definition) is 2. The first-order valence-corrected chi connectivity index (χ1v) is 4.61. The molecule has 1 saturated heterocycles. The first kappa shape index (κ1) is 10.5. The highest BCUT2D eigenvalue weighted by molar-refractivity contribution is 4.91. The summed E-state index contributed by atoms with van der Waals surface area (Å²) in [5.41, 5.74) is -0.741. The molecule has 1 rings (SSSR count). The van der Waals surface area contributed by atoms with Gasteiger partial charge in [-0.3, -0.25) is 0 Å². The van der Waals surface area contributed by atoms with Gasteiger partial charge in [-0.05, 0) is 6.92 Å². The Morgan fingerprint density at radius 2 is 2.54 bits per heavy atom. The second kappa shape index (κ2) is 4.56. The molecule has 74 valence electrons. The number of aliphatic hydroxyl groups is 1. The monoisotopic (exact) mass is 184 g/mol. The summed E-state index contributed by atoms with van der Waals surface area (Å²) in [6.45, 7) is 3.64. The van der Waals surface area contributed by atoms with Crippen LogP contribution in [0.5, 0.6) is 0 Å². The molecule has 4 nitrogen and oxygen atoms in total. The van der Waals surface area contributed by atoms with Crippen molar-refractivity contribution in [2.75, 3.05) is 19.7 Å². The molecule has 0 aromatic rings. The Balaban J connectivity index is 2.23. The van der Waals surface area contributed by atoms with Crippen LogP contribution in [0.4, 0.5) is 0 Å². The van der Waals surface area contributed by atoms with E-state index >= 15 is 0 Å². The van der Waals surface area contributed by atoms with E-state index in [0.29, 0.717) is 32.5 Å². The van der Waals surface area contributed by atoms with Gasteiger partial charge in [-0.25, -0.2) is 0 Å². The van der Waals surface area contributed by atoms with Crippen LogP contribution < -0.4 is 5.32 Å². The molecule has 0 amide bonds. The third-order valence-electron chi connectivity index (χ3n) is 2.50. The molecule has 0 spiro atoms. The SMILES string of the molecule is CC1OCCC1(O)CNCCC#N. The van der Waals surface area contributed by atoms with Crippen molar-refractivity contribution < 1.29 is 9.84 Å². The summed E-state index contributed by atoms with van der Waals surface area (Å²) in [5, 5.41) is 21.3. The predicted molar refractivity (Wildman–Crippen MR) is 48.1 cm³/mol. The molecule has 0 aliphatic carbocycles. The van der Waals surface area contributed by atoms with E-state index < -0.39 is 5.60 Å². The maximum absolute atomic E-state index is 9.99. The third kappa shape index (κ3) is 2.66. The van der Waals surface area contributed by atoms with Crippen LogP contribution >= 0.6 is 0 Å². The molecule has 0 radical (unpaired) electrons. The lowest BCUT2D eigenvalue weighted by Crippen LogP contribution is -2.46. The highest BCUT2D eigenvalue weighted by Crippen LogP contribution is 2.24. The van der Waals surface area contributed by atoms with Gasteiger partial charge >= 0.3 is 0 Å². The highest BCUT2D eigenvalue weighted by atomic mass is 16.5. The minimum Gasteiger partial charge on any atom is -0.386 e. The number of nitrogens with zero attached hydrogens (tertiary/aromatic N) is 1. The van der Waals surface area contributed by atoms with E-state index in [1.807, 2.05) is 13.0 Å². The van der Waals surface area contributed by atoms with Gasteiger partial charge in [0.2, 0.25) is 0 Å². The van der Waals surface area contributed by atoms with Crippen LogP contribution in [-0.4, -0.2) is 36.5 Å². The molecule has 0 bridgehead atoms. The highest BCUT2D eigenvalue weighted by Gasteiger charge is 2.38. The molecule has 2 N–H and O–H groups in total. The molecule has 0 aromatic carbocycles. The smallest absolute Gasteiger partial charge is 0.105 e. The second-order valence-electron chi connectivity index (χ2n) is 3.45. The van der Waals surface area contributed by atoms with E-state index in [9.17, 15) is 5.11 Å². The Morgan fingerprint density at radius 1 is 1.77 bits per heavy atom. The summed E-state index contributed by atoms with van der Waals surface area (Å²) in [6.07, 6.45) is 1.04. The predicted octanol–water partition coefficient (Wildman–Crippen LogP) is 0.0296. The minimum absolute atomic E-state index is 0.109. The topological polar surface area (TPSA) is 65.3 Å². The number of nitrogens with one attached hydrogen (secondary N) is 1. The van der Waals surface area contributed by atoms with E-state index in [1.54, 1.807) is 0 Å². The zero-order valence-corrected chi connectivity index (χ0v) is 7.92. The second-order valence-corrected chi connectivity index (χ2v) is 3.45. The first-order valence-electron chi connectivity index (χ1n) is 4.61. The van der Waals surface area contributed by atoms with Crippen molar-refractivity contribution in [3.8, 4) is 6.07 Å². The van der Waals surface area contributed by atoms with Crippen LogP contribution in [0.1, 0.15) is 19.8 Å². The average Bonchev–Trinajstić information content (AvgIpc) is 2.42. The zero-order chi connectivity index (χ0) is 9.73. The Bertz CT molecular complexity index is 202.